The largest absolute Gasteiger partial charge is 0.394 e. The van der Waals surface area contributed by atoms with Crippen molar-refractivity contribution in [1.82, 2.24) is 5.32 Å². The minimum absolute atomic E-state index is 0.366. The van der Waals surface area contributed by atoms with Crippen LogP contribution in [0.25, 0.3) is 0 Å². The fourth-order valence-electron chi connectivity index (χ4n) is 4.62. The van der Waals surface area contributed by atoms with Gasteiger partial charge in [-0.1, -0.05) is 129 Å². The maximum Gasteiger partial charge on any atom is 0.249 e. The number of hydrogen-bond donors (Lipinski definition) is 5. The van der Waals surface area contributed by atoms with Crippen molar-refractivity contribution in [3.8, 4) is 0 Å². The molecular formula is C31H61NO5. The quantitative estimate of drug-likeness (QED) is 0.0633. The molecule has 4 unspecified atom stereocenters. The third-order valence-corrected chi connectivity index (χ3v) is 7.23. The molecular weight excluding hydrogens is 466 g/mol. The number of amides is 1. The van der Waals surface area contributed by atoms with Gasteiger partial charge in [0.05, 0.1) is 18.8 Å². The lowest BCUT2D eigenvalue weighted by Gasteiger charge is -2.27. The fraction of sp³-hybridized carbons (Fsp3) is 0.903. The number of hydrogen-bond acceptors (Lipinski definition) is 5. The van der Waals surface area contributed by atoms with E-state index < -0.39 is 36.9 Å². The Hall–Kier alpha value is -0.950. The van der Waals surface area contributed by atoms with Crippen molar-refractivity contribution in [2.24, 2.45) is 0 Å². The lowest BCUT2D eigenvalue weighted by molar-refractivity contribution is -0.132. The van der Waals surface area contributed by atoms with Gasteiger partial charge in [0.2, 0.25) is 5.91 Å². The van der Waals surface area contributed by atoms with Gasteiger partial charge in [-0.15, -0.1) is 0 Å². The number of rotatable bonds is 27. The van der Waals surface area contributed by atoms with E-state index in [0.29, 0.717) is 19.3 Å². The Morgan fingerprint density at radius 3 is 1.59 bits per heavy atom. The molecule has 220 valence electrons. The molecule has 0 radical (unpaired) electrons. The second-order valence-electron chi connectivity index (χ2n) is 10.8. The Morgan fingerprint density at radius 2 is 1.11 bits per heavy atom. The first-order chi connectivity index (χ1) is 18.0. The van der Waals surface area contributed by atoms with E-state index >= 15 is 0 Å². The minimum Gasteiger partial charge on any atom is -0.394 e. The molecule has 0 bridgehead atoms. The van der Waals surface area contributed by atoms with Gasteiger partial charge in [-0.25, -0.2) is 0 Å². The van der Waals surface area contributed by atoms with E-state index in [0.717, 1.165) is 38.5 Å². The van der Waals surface area contributed by atoms with Crippen LogP contribution in [0.2, 0.25) is 0 Å². The van der Waals surface area contributed by atoms with Crippen molar-refractivity contribution in [2.45, 2.75) is 173 Å². The van der Waals surface area contributed by atoms with Gasteiger partial charge in [0, 0.05) is 0 Å². The molecule has 6 heteroatoms. The summed E-state index contributed by atoms with van der Waals surface area (Å²) in [7, 11) is 0. The molecule has 37 heavy (non-hydrogen) atoms. The van der Waals surface area contributed by atoms with Gasteiger partial charge in [-0.05, 0) is 32.1 Å². The number of nitrogens with one attached hydrogen (secondary N) is 1. The molecule has 0 aromatic rings. The van der Waals surface area contributed by atoms with Crippen LogP contribution in [0.3, 0.4) is 0 Å². The highest BCUT2D eigenvalue weighted by Crippen LogP contribution is 2.14. The van der Waals surface area contributed by atoms with Crippen molar-refractivity contribution >= 4 is 5.91 Å². The number of carbonyl (C=O) groups is 1. The van der Waals surface area contributed by atoms with Crippen LogP contribution in [-0.4, -0.2) is 57.3 Å². The van der Waals surface area contributed by atoms with Crippen molar-refractivity contribution in [2.75, 3.05) is 6.61 Å². The summed E-state index contributed by atoms with van der Waals surface area (Å²) >= 11 is 0. The average molecular weight is 528 g/mol. The Kier molecular flexibility index (Phi) is 26.0. The van der Waals surface area contributed by atoms with E-state index in [9.17, 15) is 25.2 Å². The monoisotopic (exact) mass is 527 g/mol. The molecule has 0 aliphatic carbocycles. The molecule has 0 fully saturated rings. The first-order valence-corrected chi connectivity index (χ1v) is 15.6. The molecule has 0 aliphatic rings. The van der Waals surface area contributed by atoms with E-state index in [-0.39, 0.29) is 0 Å². The number of unbranched alkanes of at least 4 members (excludes halogenated alkanes) is 16. The summed E-state index contributed by atoms with van der Waals surface area (Å²) in [6.45, 7) is 3.91. The predicted molar refractivity (Wildman–Crippen MR) is 154 cm³/mol. The third-order valence-electron chi connectivity index (χ3n) is 7.23. The van der Waals surface area contributed by atoms with Gasteiger partial charge in [-0.3, -0.25) is 4.79 Å². The number of aliphatic hydroxyl groups excluding tert-OH is 4. The fourth-order valence-corrected chi connectivity index (χ4v) is 4.62. The first kappa shape index (κ1) is 36.0. The van der Waals surface area contributed by atoms with Crippen molar-refractivity contribution < 1.29 is 25.2 Å². The van der Waals surface area contributed by atoms with E-state index in [1.165, 1.54) is 77.0 Å². The molecule has 0 aromatic carbocycles. The summed E-state index contributed by atoms with van der Waals surface area (Å²) < 4.78 is 0. The van der Waals surface area contributed by atoms with Crippen LogP contribution in [0.15, 0.2) is 12.2 Å². The lowest BCUT2D eigenvalue weighted by atomic mass is 10.00. The van der Waals surface area contributed by atoms with Crippen LogP contribution in [0.5, 0.6) is 0 Å². The minimum atomic E-state index is -1.27. The van der Waals surface area contributed by atoms with E-state index in [2.05, 4.69) is 31.3 Å². The molecule has 5 N–H and O–H groups in total. The highest BCUT2D eigenvalue weighted by Gasteiger charge is 2.28. The standard InChI is InChI=1S/C31H61NO5/c1-3-5-7-9-11-12-13-14-15-16-17-19-21-23-25-29(35)31(37)32-27(26-33)30(36)28(34)24-22-20-18-10-8-6-4-2/h10,18,27-30,33-36H,3-9,11-17,19-26H2,1-2H3,(H,32,37)/b18-10+. The smallest absolute Gasteiger partial charge is 0.249 e. The maximum absolute atomic E-state index is 12.3. The van der Waals surface area contributed by atoms with Gasteiger partial charge in [0.1, 0.15) is 12.2 Å². The second-order valence-corrected chi connectivity index (χ2v) is 10.8. The van der Waals surface area contributed by atoms with Gasteiger partial charge in [0.25, 0.3) is 0 Å². The van der Waals surface area contributed by atoms with Crippen molar-refractivity contribution in [3.05, 3.63) is 12.2 Å². The van der Waals surface area contributed by atoms with Gasteiger partial charge < -0.3 is 25.7 Å². The molecule has 0 saturated heterocycles. The molecule has 0 aromatic heterocycles. The van der Waals surface area contributed by atoms with Crippen molar-refractivity contribution in [1.29, 1.82) is 0 Å². The Balaban J connectivity index is 3.87. The Morgan fingerprint density at radius 1 is 0.649 bits per heavy atom. The molecule has 0 rings (SSSR count). The maximum atomic E-state index is 12.3. The summed E-state index contributed by atoms with van der Waals surface area (Å²) in [5.74, 6) is -0.598. The zero-order valence-corrected chi connectivity index (χ0v) is 24.2. The second kappa shape index (κ2) is 26.6. The first-order valence-electron chi connectivity index (χ1n) is 15.6. The zero-order valence-electron chi connectivity index (χ0n) is 24.2. The topological polar surface area (TPSA) is 110 Å². The number of carbonyl (C=O) groups excluding carboxylic acids is 1. The lowest BCUT2D eigenvalue weighted by Crippen LogP contribution is -2.53. The highest BCUT2D eigenvalue weighted by molar-refractivity contribution is 5.80. The van der Waals surface area contributed by atoms with Crippen LogP contribution in [-0.2, 0) is 4.79 Å². The third kappa shape index (κ3) is 21.7. The van der Waals surface area contributed by atoms with Crippen LogP contribution in [0.4, 0.5) is 0 Å². The van der Waals surface area contributed by atoms with Crippen LogP contribution < -0.4 is 5.32 Å². The van der Waals surface area contributed by atoms with E-state index in [1.54, 1.807) is 0 Å². The summed E-state index contributed by atoms with van der Waals surface area (Å²) in [6, 6.07) is -0.992. The van der Waals surface area contributed by atoms with E-state index in [1.807, 2.05) is 0 Å². The average Bonchev–Trinajstić information content (AvgIpc) is 2.90. The zero-order chi connectivity index (χ0) is 27.6. The van der Waals surface area contributed by atoms with Crippen LogP contribution in [0, 0.1) is 0 Å². The molecule has 0 aliphatic heterocycles. The normalized spacial score (nSPS) is 15.1. The summed E-state index contributed by atoms with van der Waals surface area (Å²) in [5, 5.41) is 42.9. The Labute approximate surface area is 228 Å². The number of aliphatic hydroxyl groups is 4. The van der Waals surface area contributed by atoms with Crippen molar-refractivity contribution in [3.63, 3.8) is 0 Å². The molecule has 1 amide bonds. The molecule has 0 saturated carbocycles. The Bertz CT molecular complexity index is 528. The molecule has 0 heterocycles. The SMILES string of the molecule is CCCC/C=C/CCCC(O)C(O)C(CO)NC(=O)C(O)CCCCCCCCCCCCCCCC. The summed E-state index contributed by atoms with van der Waals surface area (Å²) in [6.07, 6.45) is 23.9. The van der Waals surface area contributed by atoms with Gasteiger partial charge >= 0.3 is 0 Å². The summed E-state index contributed by atoms with van der Waals surface area (Å²) in [4.78, 5) is 12.3. The van der Waals surface area contributed by atoms with Gasteiger partial charge in [-0.2, -0.15) is 0 Å². The predicted octanol–water partition coefficient (Wildman–Crippen LogP) is 6.33. The molecule has 4 atom stereocenters. The van der Waals surface area contributed by atoms with Crippen LogP contribution in [0.1, 0.15) is 149 Å². The van der Waals surface area contributed by atoms with Crippen LogP contribution >= 0.6 is 0 Å². The van der Waals surface area contributed by atoms with E-state index in [4.69, 9.17) is 0 Å². The van der Waals surface area contributed by atoms with Gasteiger partial charge in [0.15, 0.2) is 0 Å². The highest BCUT2D eigenvalue weighted by atomic mass is 16.3. The molecule has 0 spiro atoms. The number of allylic oxidation sites excluding steroid dienone is 2. The summed E-state index contributed by atoms with van der Waals surface area (Å²) in [5.41, 5.74) is 0. The molecule has 6 nitrogen and oxygen atoms in total.